The van der Waals surface area contributed by atoms with Crippen LogP contribution in [0.5, 0.6) is 0 Å². The second-order valence-electron chi connectivity index (χ2n) is 6.04. The van der Waals surface area contributed by atoms with E-state index in [0.717, 1.165) is 25.9 Å². The van der Waals surface area contributed by atoms with Crippen LogP contribution >= 0.6 is 22.9 Å². The van der Waals surface area contributed by atoms with E-state index in [4.69, 9.17) is 17.3 Å². The maximum absolute atomic E-state index is 12.1. The standard InChI is InChI=1S/C19H21ClN2OS/c20-19-5-4-18(24-19)17(23)8-11-22-9-6-15(7-10-22)16-3-1-2-14(12-16)13-21/h1-5,8,11-12,15H,6-7,9-10,13,21H2/b11-8+. The molecular formula is C19H21ClN2OS. The molecular weight excluding hydrogens is 340 g/mol. The SMILES string of the molecule is NCc1cccc(C2CCN(/C=C/C(=O)c3ccc(Cl)s3)CC2)c1. The van der Waals surface area contributed by atoms with Crippen molar-refractivity contribution in [2.75, 3.05) is 13.1 Å². The number of hydrogen-bond acceptors (Lipinski definition) is 4. The monoisotopic (exact) mass is 360 g/mol. The lowest BCUT2D eigenvalue weighted by Gasteiger charge is -2.31. The molecule has 0 unspecified atom stereocenters. The number of benzene rings is 1. The predicted octanol–water partition coefficient (Wildman–Crippen LogP) is 4.44. The van der Waals surface area contributed by atoms with Crippen molar-refractivity contribution in [3.63, 3.8) is 0 Å². The minimum atomic E-state index is 0.0182. The van der Waals surface area contributed by atoms with E-state index in [2.05, 4.69) is 29.2 Å². The van der Waals surface area contributed by atoms with E-state index in [0.29, 0.717) is 21.7 Å². The van der Waals surface area contributed by atoms with E-state index in [1.807, 2.05) is 6.20 Å². The van der Waals surface area contributed by atoms with Gasteiger partial charge in [0.1, 0.15) is 0 Å². The van der Waals surface area contributed by atoms with E-state index >= 15 is 0 Å². The van der Waals surface area contributed by atoms with E-state index < -0.39 is 0 Å². The first-order valence-corrected chi connectivity index (χ1v) is 9.36. The van der Waals surface area contributed by atoms with Crippen molar-refractivity contribution in [1.29, 1.82) is 0 Å². The van der Waals surface area contributed by atoms with Gasteiger partial charge in [-0.05, 0) is 42.0 Å². The van der Waals surface area contributed by atoms with Crippen LogP contribution in [-0.2, 0) is 6.54 Å². The van der Waals surface area contributed by atoms with Gasteiger partial charge >= 0.3 is 0 Å². The Morgan fingerprint density at radius 2 is 2.08 bits per heavy atom. The zero-order valence-electron chi connectivity index (χ0n) is 13.5. The quantitative estimate of drug-likeness (QED) is 0.633. The van der Waals surface area contributed by atoms with Crippen molar-refractivity contribution in [3.8, 4) is 0 Å². The molecule has 0 bridgehead atoms. The topological polar surface area (TPSA) is 46.3 Å². The van der Waals surface area contributed by atoms with Gasteiger partial charge in [-0.3, -0.25) is 4.79 Å². The van der Waals surface area contributed by atoms with Crippen LogP contribution < -0.4 is 5.73 Å². The Kier molecular flexibility index (Phi) is 5.72. The Balaban J connectivity index is 1.55. The summed E-state index contributed by atoms with van der Waals surface area (Å²) < 4.78 is 0.646. The van der Waals surface area contributed by atoms with E-state index in [1.165, 1.54) is 22.5 Å². The summed E-state index contributed by atoms with van der Waals surface area (Å²) in [5, 5.41) is 0. The van der Waals surface area contributed by atoms with Crippen molar-refractivity contribution in [2.45, 2.75) is 25.3 Å². The number of carbonyl (C=O) groups is 1. The first kappa shape index (κ1) is 17.2. The Bertz CT molecular complexity index is 732. The third-order valence-electron chi connectivity index (χ3n) is 4.44. The van der Waals surface area contributed by atoms with Gasteiger partial charge < -0.3 is 10.6 Å². The molecule has 0 atom stereocenters. The molecule has 1 aliphatic heterocycles. The molecule has 1 fully saturated rings. The zero-order valence-corrected chi connectivity index (χ0v) is 15.0. The third-order valence-corrected chi connectivity index (χ3v) is 5.69. The zero-order chi connectivity index (χ0) is 16.9. The smallest absolute Gasteiger partial charge is 0.197 e. The number of piperidine rings is 1. The molecule has 24 heavy (non-hydrogen) atoms. The highest BCUT2D eigenvalue weighted by Crippen LogP contribution is 2.29. The molecule has 1 aromatic heterocycles. The van der Waals surface area contributed by atoms with Gasteiger partial charge in [-0.1, -0.05) is 35.9 Å². The molecule has 2 aromatic rings. The fourth-order valence-corrected chi connectivity index (χ4v) is 4.02. The summed E-state index contributed by atoms with van der Waals surface area (Å²) in [7, 11) is 0. The van der Waals surface area contributed by atoms with Crippen LogP contribution in [-0.4, -0.2) is 23.8 Å². The van der Waals surface area contributed by atoms with Crippen LogP contribution in [0.1, 0.15) is 39.6 Å². The Morgan fingerprint density at radius 1 is 1.29 bits per heavy atom. The molecule has 2 N–H and O–H groups in total. The molecule has 0 saturated carbocycles. The number of rotatable bonds is 5. The van der Waals surface area contributed by atoms with Crippen molar-refractivity contribution in [3.05, 3.63) is 69.0 Å². The molecule has 5 heteroatoms. The molecule has 1 saturated heterocycles. The maximum atomic E-state index is 12.1. The minimum Gasteiger partial charge on any atom is -0.377 e. The Labute approximate surface area is 151 Å². The summed E-state index contributed by atoms with van der Waals surface area (Å²) >= 11 is 7.19. The van der Waals surface area contributed by atoms with Gasteiger partial charge in [-0.15, -0.1) is 11.3 Å². The number of carbonyl (C=O) groups excluding carboxylic acids is 1. The molecule has 3 rings (SSSR count). The normalized spacial score (nSPS) is 16.0. The van der Waals surface area contributed by atoms with Crippen molar-refractivity contribution in [1.82, 2.24) is 4.90 Å². The van der Waals surface area contributed by atoms with Gasteiger partial charge in [0, 0.05) is 31.9 Å². The molecule has 1 aromatic carbocycles. The van der Waals surface area contributed by atoms with Gasteiger partial charge in [0.05, 0.1) is 9.21 Å². The van der Waals surface area contributed by atoms with E-state index in [1.54, 1.807) is 18.2 Å². The van der Waals surface area contributed by atoms with Crippen LogP contribution in [0.25, 0.3) is 0 Å². The summed E-state index contributed by atoms with van der Waals surface area (Å²) in [6.07, 6.45) is 5.76. The van der Waals surface area contributed by atoms with Gasteiger partial charge in [0.25, 0.3) is 0 Å². The fraction of sp³-hybridized carbons (Fsp3) is 0.316. The predicted molar refractivity (Wildman–Crippen MR) is 101 cm³/mol. The van der Waals surface area contributed by atoms with Crippen LogP contribution in [0.15, 0.2) is 48.7 Å². The number of ketones is 1. The van der Waals surface area contributed by atoms with Crippen LogP contribution in [0.2, 0.25) is 4.34 Å². The lowest BCUT2D eigenvalue weighted by Crippen LogP contribution is -2.28. The Morgan fingerprint density at radius 3 is 2.75 bits per heavy atom. The highest BCUT2D eigenvalue weighted by molar-refractivity contribution is 7.18. The Hall–Kier alpha value is -1.62. The summed E-state index contributed by atoms with van der Waals surface area (Å²) in [6.45, 7) is 2.52. The molecule has 0 spiro atoms. The second-order valence-corrected chi connectivity index (χ2v) is 7.76. The highest BCUT2D eigenvalue weighted by atomic mass is 35.5. The number of hydrogen-bond donors (Lipinski definition) is 1. The van der Waals surface area contributed by atoms with Crippen LogP contribution in [0.3, 0.4) is 0 Å². The largest absolute Gasteiger partial charge is 0.377 e. The van der Waals surface area contributed by atoms with Crippen LogP contribution in [0.4, 0.5) is 0 Å². The average Bonchev–Trinajstić information content (AvgIpc) is 3.06. The van der Waals surface area contributed by atoms with Crippen molar-refractivity contribution < 1.29 is 4.79 Å². The van der Waals surface area contributed by atoms with Gasteiger partial charge in [-0.25, -0.2) is 0 Å². The van der Waals surface area contributed by atoms with Crippen molar-refractivity contribution >= 4 is 28.7 Å². The molecule has 1 aliphatic rings. The summed E-state index contributed by atoms with van der Waals surface area (Å²) in [5.74, 6) is 0.595. The lowest BCUT2D eigenvalue weighted by atomic mass is 9.89. The van der Waals surface area contributed by atoms with Crippen LogP contribution in [0, 0.1) is 0 Å². The first-order valence-electron chi connectivity index (χ1n) is 8.16. The van der Waals surface area contributed by atoms with E-state index in [-0.39, 0.29) is 5.78 Å². The molecule has 126 valence electrons. The van der Waals surface area contributed by atoms with Gasteiger partial charge in [0.15, 0.2) is 5.78 Å². The number of thiophene rings is 1. The fourth-order valence-electron chi connectivity index (χ4n) is 3.06. The summed E-state index contributed by atoms with van der Waals surface area (Å²) in [4.78, 5) is 15.0. The highest BCUT2D eigenvalue weighted by Gasteiger charge is 2.19. The molecule has 0 aliphatic carbocycles. The molecule has 0 amide bonds. The maximum Gasteiger partial charge on any atom is 0.197 e. The number of nitrogens with two attached hydrogens (primary N) is 1. The first-order chi connectivity index (χ1) is 11.7. The number of nitrogens with zero attached hydrogens (tertiary/aromatic N) is 1. The lowest BCUT2D eigenvalue weighted by molar-refractivity contribution is 0.104. The minimum absolute atomic E-state index is 0.0182. The molecule has 0 radical (unpaired) electrons. The average molecular weight is 361 g/mol. The van der Waals surface area contributed by atoms with E-state index in [9.17, 15) is 4.79 Å². The number of halogens is 1. The van der Waals surface area contributed by atoms with Gasteiger partial charge in [0.2, 0.25) is 0 Å². The summed E-state index contributed by atoms with van der Waals surface area (Å²) in [6, 6.07) is 12.1. The third kappa shape index (κ3) is 4.26. The molecule has 2 heterocycles. The molecule has 3 nitrogen and oxygen atoms in total. The summed E-state index contributed by atoms with van der Waals surface area (Å²) in [5.41, 5.74) is 8.30. The number of allylic oxidation sites excluding steroid dienone is 1. The van der Waals surface area contributed by atoms with Crippen molar-refractivity contribution in [2.24, 2.45) is 5.73 Å². The number of likely N-dealkylation sites (tertiary alicyclic amines) is 1. The second kappa shape index (κ2) is 7.97. The van der Waals surface area contributed by atoms with Gasteiger partial charge in [-0.2, -0.15) is 0 Å².